The lowest BCUT2D eigenvalue weighted by atomic mass is 9.95. The van der Waals surface area contributed by atoms with E-state index in [1.165, 1.54) is 11.1 Å². The van der Waals surface area contributed by atoms with E-state index in [9.17, 15) is 9.59 Å². The molecule has 1 fully saturated rings. The van der Waals surface area contributed by atoms with Gasteiger partial charge in [0.1, 0.15) is 0 Å². The standard InChI is InChI=1S/C26H32N2O2/c1-2-16-28(25(29)19-22-13-12-20-8-6-7-11-24(20)22)23-14-17-27(18-15-23)26(30)21-9-4-3-5-10-21/h3-11,22-23H,2,12-19H2,1H3. The molecular formula is C26H32N2O2. The van der Waals surface area contributed by atoms with E-state index in [4.69, 9.17) is 0 Å². The van der Waals surface area contributed by atoms with Crippen molar-refractivity contribution in [2.24, 2.45) is 0 Å². The lowest BCUT2D eigenvalue weighted by molar-refractivity contribution is -0.134. The second-order valence-corrected chi connectivity index (χ2v) is 8.62. The van der Waals surface area contributed by atoms with Crippen molar-refractivity contribution in [3.63, 3.8) is 0 Å². The van der Waals surface area contributed by atoms with Crippen molar-refractivity contribution in [2.75, 3.05) is 19.6 Å². The Morgan fingerprint density at radius 3 is 2.40 bits per heavy atom. The molecule has 0 spiro atoms. The number of hydrogen-bond acceptors (Lipinski definition) is 2. The summed E-state index contributed by atoms with van der Waals surface area (Å²) in [5.74, 6) is 0.740. The minimum atomic E-state index is 0.102. The Morgan fingerprint density at radius 2 is 1.67 bits per heavy atom. The van der Waals surface area contributed by atoms with Crippen molar-refractivity contribution in [1.29, 1.82) is 0 Å². The summed E-state index contributed by atoms with van der Waals surface area (Å²) in [5, 5.41) is 0. The van der Waals surface area contributed by atoms with Crippen LogP contribution in [0.1, 0.15) is 66.4 Å². The largest absolute Gasteiger partial charge is 0.340 e. The van der Waals surface area contributed by atoms with Crippen LogP contribution in [0.2, 0.25) is 0 Å². The van der Waals surface area contributed by atoms with Crippen LogP contribution in [0.5, 0.6) is 0 Å². The second-order valence-electron chi connectivity index (χ2n) is 8.62. The number of amides is 2. The molecule has 2 aliphatic rings. The molecule has 1 unspecified atom stereocenters. The Hall–Kier alpha value is -2.62. The van der Waals surface area contributed by atoms with E-state index >= 15 is 0 Å². The maximum Gasteiger partial charge on any atom is 0.253 e. The lowest BCUT2D eigenvalue weighted by Gasteiger charge is -2.39. The van der Waals surface area contributed by atoms with Gasteiger partial charge in [0.25, 0.3) is 5.91 Å². The third-order valence-electron chi connectivity index (χ3n) is 6.68. The average Bonchev–Trinajstić information content (AvgIpc) is 3.20. The first kappa shape index (κ1) is 20.6. The Bertz CT molecular complexity index is 872. The summed E-state index contributed by atoms with van der Waals surface area (Å²) in [6.07, 6.45) is 5.48. The van der Waals surface area contributed by atoms with Gasteiger partial charge in [0, 0.05) is 37.7 Å². The molecule has 0 aromatic heterocycles. The number of fused-ring (bicyclic) bond motifs is 1. The first-order valence-corrected chi connectivity index (χ1v) is 11.4. The molecule has 158 valence electrons. The highest BCUT2D eigenvalue weighted by molar-refractivity contribution is 5.94. The summed E-state index contributed by atoms with van der Waals surface area (Å²) in [6, 6.07) is 18.3. The molecule has 1 saturated heterocycles. The van der Waals surface area contributed by atoms with Gasteiger partial charge in [-0.2, -0.15) is 0 Å². The van der Waals surface area contributed by atoms with Gasteiger partial charge in [0.15, 0.2) is 0 Å². The zero-order valence-electron chi connectivity index (χ0n) is 17.9. The van der Waals surface area contributed by atoms with Crippen molar-refractivity contribution in [1.82, 2.24) is 9.80 Å². The zero-order valence-corrected chi connectivity index (χ0v) is 17.9. The van der Waals surface area contributed by atoms with Crippen molar-refractivity contribution >= 4 is 11.8 Å². The summed E-state index contributed by atoms with van der Waals surface area (Å²) in [6.45, 7) is 4.39. The number of likely N-dealkylation sites (tertiary alicyclic amines) is 1. The molecular weight excluding hydrogens is 372 g/mol. The quantitative estimate of drug-likeness (QED) is 0.703. The fraction of sp³-hybridized carbons (Fsp3) is 0.462. The fourth-order valence-electron chi connectivity index (χ4n) is 5.08. The van der Waals surface area contributed by atoms with Crippen LogP contribution in [0.4, 0.5) is 0 Å². The van der Waals surface area contributed by atoms with Gasteiger partial charge in [0.2, 0.25) is 5.91 Å². The van der Waals surface area contributed by atoms with Gasteiger partial charge in [-0.3, -0.25) is 9.59 Å². The Balaban J connectivity index is 1.37. The predicted molar refractivity (Wildman–Crippen MR) is 119 cm³/mol. The Labute approximate surface area is 179 Å². The molecule has 1 aliphatic heterocycles. The minimum Gasteiger partial charge on any atom is -0.340 e. The summed E-state index contributed by atoms with van der Waals surface area (Å²) < 4.78 is 0. The van der Waals surface area contributed by atoms with Crippen molar-refractivity contribution in [3.05, 3.63) is 71.3 Å². The number of benzene rings is 2. The fourth-order valence-corrected chi connectivity index (χ4v) is 5.08. The van der Waals surface area contributed by atoms with Gasteiger partial charge in [0.05, 0.1) is 0 Å². The Morgan fingerprint density at radius 1 is 0.967 bits per heavy atom. The third kappa shape index (κ3) is 4.43. The van der Waals surface area contributed by atoms with Crippen LogP contribution >= 0.6 is 0 Å². The van der Waals surface area contributed by atoms with E-state index in [1.54, 1.807) is 0 Å². The van der Waals surface area contributed by atoms with Gasteiger partial charge in [-0.25, -0.2) is 0 Å². The number of piperidine rings is 1. The number of carbonyl (C=O) groups is 2. The highest BCUT2D eigenvalue weighted by atomic mass is 16.2. The van der Waals surface area contributed by atoms with Gasteiger partial charge in [-0.05, 0) is 61.3 Å². The normalized spacial score (nSPS) is 18.8. The van der Waals surface area contributed by atoms with Crippen molar-refractivity contribution in [2.45, 2.75) is 57.4 Å². The maximum atomic E-state index is 13.3. The van der Waals surface area contributed by atoms with E-state index in [2.05, 4.69) is 36.1 Å². The highest BCUT2D eigenvalue weighted by Crippen LogP contribution is 2.36. The van der Waals surface area contributed by atoms with Crippen LogP contribution < -0.4 is 0 Å². The smallest absolute Gasteiger partial charge is 0.253 e. The number of rotatable bonds is 6. The SMILES string of the molecule is CCCN(C(=O)CC1CCc2ccccc21)C1CCN(C(=O)c2ccccc2)CC1. The van der Waals surface area contributed by atoms with Gasteiger partial charge in [-0.1, -0.05) is 49.4 Å². The molecule has 30 heavy (non-hydrogen) atoms. The van der Waals surface area contributed by atoms with Gasteiger partial charge >= 0.3 is 0 Å². The van der Waals surface area contributed by atoms with Crippen LogP contribution in [-0.2, 0) is 11.2 Å². The first-order chi connectivity index (χ1) is 14.7. The summed E-state index contributed by atoms with van der Waals surface area (Å²) >= 11 is 0. The molecule has 4 heteroatoms. The van der Waals surface area contributed by atoms with Crippen LogP contribution in [0.3, 0.4) is 0 Å². The second kappa shape index (κ2) is 9.46. The van der Waals surface area contributed by atoms with Crippen molar-refractivity contribution < 1.29 is 9.59 Å². The zero-order chi connectivity index (χ0) is 20.9. The van der Waals surface area contributed by atoms with E-state index in [0.717, 1.165) is 57.3 Å². The summed E-state index contributed by atoms with van der Waals surface area (Å²) in [4.78, 5) is 30.1. The van der Waals surface area contributed by atoms with Crippen molar-refractivity contribution in [3.8, 4) is 0 Å². The molecule has 1 aliphatic carbocycles. The van der Waals surface area contributed by atoms with E-state index in [-0.39, 0.29) is 17.9 Å². The molecule has 4 nitrogen and oxygen atoms in total. The van der Waals surface area contributed by atoms with Crippen LogP contribution in [0.25, 0.3) is 0 Å². The summed E-state index contributed by atoms with van der Waals surface area (Å²) in [5.41, 5.74) is 3.52. The molecule has 4 rings (SSSR count). The molecule has 2 amide bonds. The van der Waals surface area contributed by atoms with E-state index in [1.807, 2.05) is 35.2 Å². The molecule has 2 aromatic rings. The van der Waals surface area contributed by atoms with Crippen LogP contribution in [-0.4, -0.2) is 47.3 Å². The first-order valence-electron chi connectivity index (χ1n) is 11.4. The number of nitrogens with zero attached hydrogens (tertiary/aromatic N) is 2. The third-order valence-corrected chi connectivity index (χ3v) is 6.68. The summed E-state index contributed by atoms with van der Waals surface area (Å²) in [7, 11) is 0. The molecule has 1 heterocycles. The van der Waals surface area contributed by atoms with Gasteiger partial charge in [-0.15, -0.1) is 0 Å². The average molecular weight is 405 g/mol. The number of carbonyl (C=O) groups excluding carboxylic acids is 2. The maximum absolute atomic E-state index is 13.3. The molecule has 0 N–H and O–H groups in total. The molecule has 0 saturated carbocycles. The predicted octanol–water partition coefficient (Wildman–Crippen LogP) is 4.65. The molecule has 0 bridgehead atoms. The molecule has 1 atom stereocenters. The van der Waals surface area contributed by atoms with E-state index < -0.39 is 0 Å². The van der Waals surface area contributed by atoms with Gasteiger partial charge < -0.3 is 9.80 Å². The minimum absolute atomic E-state index is 0.102. The molecule has 0 radical (unpaired) electrons. The molecule has 2 aromatic carbocycles. The Kier molecular flexibility index (Phi) is 6.51. The lowest BCUT2D eigenvalue weighted by Crippen LogP contribution is -2.49. The van der Waals surface area contributed by atoms with E-state index in [0.29, 0.717) is 12.3 Å². The number of hydrogen-bond donors (Lipinski definition) is 0. The topological polar surface area (TPSA) is 40.6 Å². The van der Waals surface area contributed by atoms with Crippen LogP contribution in [0.15, 0.2) is 54.6 Å². The monoisotopic (exact) mass is 404 g/mol. The van der Waals surface area contributed by atoms with Crippen LogP contribution in [0, 0.1) is 0 Å². The number of aryl methyl sites for hydroxylation is 1. The highest BCUT2D eigenvalue weighted by Gasteiger charge is 2.32.